The van der Waals surface area contributed by atoms with Crippen molar-refractivity contribution in [2.75, 3.05) is 4.90 Å². The van der Waals surface area contributed by atoms with Gasteiger partial charge in [-0.05, 0) is 96.4 Å². The van der Waals surface area contributed by atoms with E-state index < -0.39 is 0 Å². The van der Waals surface area contributed by atoms with Crippen molar-refractivity contribution >= 4 is 82.1 Å². The molecule has 0 aliphatic carbocycles. The zero-order valence-electron chi connectivity index (χ0n) is 29.4. The molecule has 0 fully saturated rings. The average Bonchev–Trinajstić information content (AvgIpc) is 3.62. The van der Waals surface area contributed by atoms with Gasteiger partial charge in [-0.3, -0.25) is 0 Å². The SMILES string of the molecule is c1ccc2c(-c3ccc(-c4ccc(N(c5ccc6c(c5)oc5ccccc56)c5cc6ccccc6c6ccccc56)cc4)c4ccccc34)cccc2c1. The quantitative estimate of drug-likeness (QED) is 0.168. The van der Waals surface area contributed by atoms with Gasteiger partial charge in [0, 0.05) is 33.6 Å². The topological polar surface area (TPSA) is 16.4 Å². The molecule has 0 unspecified atom stereocenters. The highest BCUT2D eigenvalue weighted by Gasteiger charge is 2.20. The molecule has 11 aromatic rings. The average molecular weight is 688 g/mol. The van der Waals surface area contributed by atoms with Crippen LogP contribution in [0.5, 0.6) is 0 Å². The highest BCUT2D eigenvalue weighted by atomic mass is 16.3. The Balaban J connectivity index is 1.09. The van der Waals surface area contributed by atoms with Crippen molar-refractivity contribution in [2.45, 2.75) is 0 Å². The summed E-state index contributed by atoms with van der Waals surface area (Å²) in [5, 5.41) is 12.1. The molecule has 11 rings (SSSR count). The first kappa shape index (κ1) is 30.5. The van der Waals surface area contributed by atoms with Crippen molar-refractivity contribution < 1.29 is 4.42 Å². The number of hydrogen-bond acceptors (Lipinski definition) is 2. The van der Waals surface area contributed by atoms with Crippen LogP contribution in [0, 0.1) is 0 Å². The van der Waals surface area contributed by atoms with Gasteiger partial charge < -0.3 is 9.32 Å². The fraction of sp³-hybridized carbons (Fsp3) is 0. The maximum atomic E-state index is 6.43. The maximum Gasteiger partial charge on any atom is 0.137 e. The molecule has 2 heteroatoms. The highest BCUT2D eigenvalue weighted by Crippen LogP contribution is 2.45. The second-order valence-corrected chi connectivity index (χ2v) is 14.1. The van der Waals surface area contributed by atoms with Crippen molar-refractivity contribution in [3.05, 3.63) is 200 Å². The van der Waals surface area contributed by atoms with Crippen LogP contribution in [0.2, 0.25) is 0 Å². The van der Waals surface area contributed by atoms with E-state index in [-0.39, 0.29) is 0 Å². The summed E-state index contributed by atoms with van der Waals surface area (Å²) in [5.74, 6) is 0. The lowest BCUT2D eigenvalue weighted by Crippen LogP contribution is -2.10. The van der Waals surface area contributed by atoms with Crippen molar-refractivity contribution in [2.24, 2.45) is 0 Å². The van der Waals surface area contributed by atoms with Crippen LogP contribution in [-0.2, 0) is 0 Å². The van der Waals surface area contributed by atoms with Crippen LogP contribution >= 0.6 is 0 Å². The van der Waals surface area contributed by atoms with Crippen LogP contribution in [-0.4, -0.2) is 0 Å². The van der Waals surface area contributed by atoms with Crippen LogP contribution in [0.3, 0.4) is 0 Å². The summed E-state index contributed by atoms with van der Waals surface area (Å²) < 4.78 is 6.43. The first-order chi connectivity index (χ1) is 26.8. The summed E-state index contributed by atoms with van der Waals surface area (Å²) in [5.41, 5.74) is 9.91. The van der Waals surface area contributed by atoms with Gasteiger partial charge in [0.05, 0.1) is 5.69 Å². The predicted octanol–water partition coefficient (Wildman–Crippen LogP) is 15.0. The van der Waals surface area contributed by atoms with Crippen molar-refractivity contribution in [3.8, 4) is 22.3 Å². The number of rotatable bonds is 5. The molecular weight excluding hydrogens is 655 g/mol. The molecule has 10 aromatic carbocycles. The third-order valence-corrected chi connectivity index (χ3v) is 11.0. The number of benzene rings is 10. The number of anilines is 3. The molecule has 0 saturated heterocycles. The Morgan fingerprint density at radius 3 is 1.67 bits per heavy atom. The fourth-order valence-electron chi connectivity index (χ4n) is 8.54. The van der Waals surface area contributed by atoms with E-state index in [4.69, 9.17) is 4.42 Å². The molecule has 0 aliphatic rings. The molecule has 1 heterocycles. The van der Waals surface area contributed by atoms with E-state index in [0.29, 0.717) is 0 Å². The van der Waals surface area contributed by atoms with Crippen LogP contribution in [0.15, 0.2) is 205 Å². The van der Waals surface area contributed by atoms with Crippen LogP contribution in [0.25, 0.3) is 87.3 Å². The Labute approximate surface area is 312 Å². The summed E-state index contributed by atoms with van der Waals surface area (Å²) in [7, 11) is 0. The fourth-order valence-corrected chi connectivity index (χ4v) is 8.54. The molecular formula is C52H33NO. The van der Waals surface area contributed by atoms with Crippen molar-refractivity contribution in [1.29, 1.82) is 0 Å². The van der Waals surface area contributed by atoms with Gasteiger partial charge in [0.25, 0.3) is 0 Å². The summed E-state index contributed by atoms with van der Waals surface area (Å²) in [4.78, 5) is 2.38. The number of hydrogen-bond donors (Lipinski definition) is 0. The standard InChI is InChI=1S/C52H33NO/c1-3-15-39-34(12-1)14-11-22-43(39)46-31-30-41(42-17-5-6-19-45(42)46)35-24-26-37(27-25-35)53(38-28-29-49-48-21-9-10-23-51(48)54-52(49)33-38)50-32-36-13-2-4-16-40(36)44-18-7-8-20-47(44)50/h1-33H. The largest absolute Gasteiger partial charge is 0.456 e. The Kier molecular flexibility index (Phi) is 6.90. The smallest absolute Gasteiger partial charge is 0.137 e. The lowest BCUT2D eigenvalue weighted by atomic mass is 9.90. The minimum absolute atomic E-state index is 0.873. The Morgan fingerprint density at radius 1 is 0.296 bits per heavy atom. The molecule has 0 radical (unpaired) electrons. The third-order valence-electron chi connectivity index (χ3n) is 11.0. The van der Waals surface area contributed by atoms with E-state index in [9.17, 15) is 0 Å². The molecule has 0 saturated carbocycles. The van der Waals surface area contributed by atoms with E-state index in [1.165, 1.54) is 65.3 Å². The van der Waals surface area contributed by atoms with E-state index >= 15 is 0 Å². The minimum atomic E-state index is 0.873. The number of para-hydroxylation sites is 1. The van der Waals surface area contributed by atoms with Crippen LogP contribution in [0.4, 0.5) is 17.1 Å². The second kappa shape index (κ2) is 12.2. The van der Waals surface area contributed by atoms with Crippen molar-refractivity contribution in [3.63, 3.8) is 0 Å². The highest BCUT2D eigenvalue weighted by molar-refractivity contribution is 6.15. The van der Waals surface area contributed by atoms with Crippen molar-refractivity contribution in [1.82, 2.24) is 0 Å². The van der Waals surface area contributed by atoms with Gasteiger partial charge in [-0.15, -0.1) is 0 Å². The minimum Gasteiger partial charge on any atom is -0.456 e. The molecule has 0 spiro atoms. The molecule has 1 aromatic heterocycles. The van der Waals surface area contributed by atoms with Crippen LogP contribution < -0.4 is 4.90 Å². The van der Waals surface area contributed by atoms with Gasteiger partial charge in [-0.25, -0.2) is 0 Å². The molecule has 0 bridgehead atoms. The Bertz CT molecular complexity index is 3220. The lowest BCUT2D eigenvalue weighted by Gasteiger charge is -2.28. The van der Waals surface area contributed by atoms with E-state index in [1.807, 2.05) is 12.1 Å². The van der Waals surface area contributed by atoms with Gasteiger partial charge in [0.2, 0.25) is 0 Å². The lowest BCUT2D eigenvalue weighted by molar-refractivity contribution is 0.669. The van der Waals surface area contributed by atoms with E-state index in [0.717, 1.165) is 39.0 Å². The van der Waals surface area contributed by atoms with Gasteiger partial charge in [0.1, 0.15) is 11.2 Å². The monoisotopic (exact) mass is 687 g/mol. The Hall–Kier alpha value is -7.16. The maximum absolute atomic E-state index is 6.43. The van der Waals surface area contributed by atoms with Gasteiger partial charge in [0.15, 0.2) is 0 Å². The second-order valence-electron chi connectivity index (χ2n) is 14.1. The molecule has 0 atom stereocenters. The van der Waals surface area contributed by atoms with E-state index in [2.05, 4.69) is 193 Å². The zero-order valence-corrected chi connectivity index (χ0v) is 29.4. The first-order valence-electron chi connectivity index (χ1n) is 18.5. The van der Waals surface area contributed by atoms with Gasteiger partial charge >= 0.3 is 0 Å². The van der Waals surface area contributed by atoms with Gasteiger partial charge in [-0.2, -0.15) is 0 Å². The molecule has 2 nitrogen and oxygen atoms in total. The van der Waals surface area contributed by atoms with E-state index in [1.54, 1.807) is 0 Å². The Morgan fingerprint density at radius 2 is 0.852 bits per heavy atom. The molecule has 54 heavy (non-hydrogen) atoms. The summed E-state index contributed by atoms with van der Waals surface area (Å²) >= 11 is 0. The summed E-state index contributed by atoms with van der Waals surface area (Å²) in [6, 6.07) is 72.3. The third kappa shape index (κ3) is 4.81. The molecule has 0 amide bonds. The summed E-state index contributed by atoms with van der Waals surface area (Å²) in [6.07, 6.45) is 0. The molecule has 252 valence electrons. The number of furan rings is 1. The van der Waals surface area contributed by atoms with Gasteiger partial charge in [-0.1, -0.05) is 158 Å². The molecule has 0 aliphatic heterocycles. The van der Waals surface area contributed by atoms with Crippen LogP contribution in [0.1, 0.15) is 0 Å². The number of nitrogens with zero attached hydrogens (tertiary/aromatic N) is 1. The predicted molar refractivity (Wildman–Crippen MR) is 229 cm³/mol. The first-order valence-corrected chi connectivity index (χ1v) is 18.5. The normalized spacial score (nSPS) is 11.7. The zero-order chi connectivity index (χ0) is 35.6. The number of fused-ring (bicyclic) bond motifs is 8. The molecule has 0 N–H and O–H groups in total. The summed E-state index contributed by atoms with van der Waals surface area (Å²) in [6.45, 7) is 0.